The fourth-order valence-corrected chi connectivity index (χ4v) is 9.99. The lowest BCUT2D eigenvalue weighted by Gasteiger charge is -2.38. The SMILES string of the molecule is C=CCOC(=O)[C@H]1[C@@H]2SC3(CC2Br)C(C(=O)N(CC=C)c2ccccc2Cl)N(CCCCCCO)C(=O)[C@H]13. The minimum absolute atomic E-state index is 0.0363. The van der Waals surface area contributed by atoms with E-state index < -0.39 is 28.6 Å². The molecule has 3 aliphatic rings. The number of amides is 2. The number of fused-ring (bicyclic) bond motifs is 1. The second kappa shape index (κ2) is 12.6. The lowest BCUT2D eigenvalue weighted by Crippen LogP contribution is -2.55. The Bertz CT molecular complexity index is 1090. The molecule has 206 valence electrons. The topological polar surface area (TPSA) is 87.2 Å². The first-order chi connectivity index (χ1) is 18.3. The number of carbonyl (C=O) groups excluding carboxylic acids is 3. The smallest absolute Gasteiger partial charge is 0.311 e. The maximum atomic E-state index is 14.5. The van der Waals surface area contributed by atoms with Gasteiger partial charge >= 0.3 is 5.97 Å². The third-order valence-electron chi connectivity index (χ3n) is 7.67. The maximum Gasteiger partial charge on any atom is 0.311 e. The van der Waals surface area contributed by atoms with E-state index in [1.165, 1.54) is 6.08 Å². The summed E-state index contributed by atoms with van der Waals surface area (Å²) in [5.41, 5.74) is 0.559. The van der Waals surface area contributed by atoms with Gasteiger partial charge in [0.2, 0.25) is 5.91 Å². The zero-order chi connectivity index (χ0) is 27.4. The van der Waals surface area contributed by atoms with Crippen molar-refractivity contribution < 1.29 is 24.2 Å². The lowest BCUT2D eigenvalue weighted by atomic mass is 9.71. The normalized spacial score (nSPS) is 29.3. The first kappa shape index (κ1) is 29.2. The van der Waals surface area contributed by atoms with Crippen molar-refractivity contribution in [3.63, 3.8) is 0 Å². The third-order valence-corrected chi connectivity index (χ3v) is 11.2. The second-order valence-electron chi connectivity index (χ2n) is 9.94. The summed E-state index contributed by atoms with van der Waals surface area (Å²) >= 11 is 11.9. The van der Waals surface area contributed by atoms with Crippen molar-refractivity contribution in [1.29, 1.82) is 0 Å². The number of aliphatic hydroxyl groups is 1. The molecule has 10 heteroatoms. The maximum absolute atomic E-state index is 14.5. The second-order valence-corrected chi connectivity index (χ2v) is 13.1. The number of hydrogen-bond donors (Lipinski definition) is 1. The van der Waals surface area contributed by atoms with Gasteiger partial charge in [-0.25, -0.2) is 0 Å². The van der Waals surface area contributed by atoms with Crippen LogP contribution in [0.15, 0.2) is 49.6 Å². The number of halogens is 2. The van der Waals surface area contributed by atoms with Crippen LogP contribution in [0.5, 0.6) is 0 Å². The fraction of sp³-hybridized carbons (Fsp3) is 0.536. The molecule has 1 N–H and O–H groups in total. The molecule has 2 bridgehead atoms. The van der Waals surface area contributed by atoms with Crippen molar-refractivity contribution in [2.24, 2.45) is 11.8 Å². The van der Waals surface area contributed by atoms with Gasteiger partial charge in [0.15, 0.2) is 0 Å². The number of carbonyl (C=O) groups is 3. The molecule has 1 aromatic rings. The number of likely N-dealkylation sites (tertiary alicyclic amines) is 1. The highest BCUT2D eigenvalue weighted by atomic mass is 79.9. The third kappa shape index (κ3) is 5.19. The fourth-order valence-electron chi connectivity index (χ4n) is 6.16. The van der Waals surface area contributed by atoms with Crippen LogP contribution >= 0.6 is 39.3 Å². The van der Waals surface area contributed by atoms with Crippen LogP contribution in [0.1, 0.15) is 32.1 Å². The van der Waals surface area contributed by atoms with Crippen molar-refractivity contribution in [1.82, 2.24) is 4.90 Å². The summed E-state index contributed by atoms with van der Waals surface area (Å²) in [6.45, 7) is 8.30. The number of rotatable bonds is 13. The van der Waals surface area contributed by atoms with E-state index in [0.717, 1.165) is 12.8 Å². The predicted octanol–water partition coefficient (Wildman–Crippen LogP) is 4.61. The molecule has 3 saturated heterocycles. The molecule has 0 aromatic heterocycles. The van der Waals surface area contributed by atoms with Gasteiger partial charge in [-0.3, -0.25) is 14.4 Å². The van der Waals surface area contributed by atoms with E-state index in [9.17, 15) is 14.4 Å². The molecule has 2 amide bonds. The van der Waals surface area contributed by atoms with Gasteiger partial charge in [-0.2, -0.15) is 0 Å². The average molecular weight is 626 g/mol. The molecule has 3 heterocycles. The molecular formula is C28H34BrClN2O5S. The minimum Gasteiger partial charge on any atom is -0.461 e. The molecule has 1 aromatic carbocycles. The van der Waals surface area contributed by atoms with Gasteiger partial charge in [-0.15, -0.1) is 18.3 Å². The van der Waals surface area contributed by atoms with Gasteiger partial charge in [0, 0.05) is 29.8 Å². The number of para-hydroxylation sites is 1. The van der Waals surface area contributed by atoms with Gasteiger partial charge in [0.25, 0.3) is 5.91 Å². The van der Waals surface area contributed by atoms with Crippen molar-refractivity contribution >= 4 is 62.8 Å². The van der Waals surface area contributed by atoms with E-state index in [1.807, 2.05) is 6.07 Å². The van der Waals surface area contributed by atoms with Crippen molar-refractivity contribution in [2.45, 2.75) is 53.0 Å². The Balaban J connectivity index is 1.73. The first-order valence-corrected chi connectivity index (χ1v) is 15.2. The zero-order valence-corrected chi connectivity index (χ0v) is 24.4. The van der Waals surface area contributed by atoms with Crippen LogP contribution in [0.4, 0.5) is 5.69 Å². The minimum atomic E-state index is -0.767. The Morgan fingerprint density at radius 1 is 1.24 bits per heavy atom. The van der Waals surface area contributed by atoms with Gasteiger partial charge in [0.05, 0.1) is 27.3 Å². The monoisotopic (exact) mass is 624 g/mol. The highest BCUT2D eigenvalue weighted by Crippen LogP contribution is 2.68. The van der Waals surface area contributed by atoms with Crippen LogP contribution in [0.2, 0.25) is 5.02 Å². The molecule has 38 heavy (non-hydrogen) atoms. The van der Waals surface area contributed by atoms with Crippen LogP contribution in [-0.4, -0.2) is 75.0 Å². The number of thioether (sulfide) groups is 1. The Labute approximate surface area is 241 Å². The molecule has 0 aliphatic carbocycles. The number of ether oxygens (including phenoxy) is 1. The molecule has 7 nitrogen and oxygen atoms in total. The molecule has 0 saturated carbocycles. The Kier molecular flexibility index (Phi) is 9.66. The quantitative estimate of drug-likeness (QED) is 0.149. The van der Waals surface area contributed by atoms with Gasteiger partial charge in [-0.05, 0) is 31.4 Å². The number of aliphatic hydroxyl groups excluding tert-OH is 1. The van der Waals surface area contributed by atoms with Crippen LogP contribution in [-0.2, 0) is 19.1 Å². The molecule has 4 rings (SSSR count). The standard InChI is InChI=1S/C28H34BrClN2O5S/c1-3-13-31(20-12-8-7-11-19(20)30)26(35)24-28-17-18(29)23(38-28)21(27(36)37-16-4-2)22(28)25(34)32(24)14-9-5-6-10-15-33/h3-4,7-8,11-12,18,21-24,33H,1-2,5-6,9-10,13-17H2/t18?,21-,22+,23-,24?,28?/m1/s1. The Hall–Kier alpha value is -1.81. The summed E-state index contributed by atoms with van der Waals surface area (Å²) in [6.07, 6.45) is 6.81. The van der Waals surface area contributed by atoms with E-state index in [4.69, 9.17) is 21.4 Å². The van der Waals surface area contributed by atoms with Crippen molar-refractivity contribution in [3.05, 3.63) is 54.6 Å². The summed E-state index contributed by atoms with van der Waals surface area (Å²) in [5.74, 6) is -2.10. The Morgan fingerprint density at radius 2 is 1.97 bits per heavy atom. The number of anilines is 1. The molecule has 0 radical (unpaired) electrons. The average Bonchev–Trinajstić information content (AvgIpc) is 3.49. The zero-order valence-electron chi connectivity index (χ0n) is 21.3. The summed E-state index contributed by atoms with van der Waals surface area (Å²) in [6, 6.07) is 6.38. The highest BCUT2D eigenvalue weighted by molar-refractivity contribution is 9.09. The van der Waals surface area contributed by atoms with E-state index in [1.54, 1.807) is 45.8 Å². The van der Waals surface area contributed by atoms with E-state index in [2.05, 4.69) is 29.1 Å². The Morgan fingerprint density at radius 3 is 2.66 bits per heavy atom. The summed E-state index contributed by atoms with van der Waals surface area (Å²) < 4.78 is 4.68. The first-order valence-electron chi connectivity index (χ1n) is 13.0. The van der Waals surface area contributed by atoms with Gasteiger partial charge in [-0.1, -0.05) is 71.2 Å². The van der Waals surface area contributed by atoms with E-state index in [0.29, 0.717) is 36.5 Å². The molecule has 1 spiro atoms. The number of unbranched alkanes of at least 4 members (excludes halogenated alkanes) is 3. The summed E-state index contributed by atoms with van der Waals surface area (Å²) in [7, 11) is 0. The van der Waals surface area contributed by atoms with Crippen LogP contribution in [0.3, 0.4) is 0 Å². The molecule has 3 aliphatic heterocycles. The number of esters is 1. The van der Waals surface area contributed by atoms with Gasteiger partial charge < -0.3 is 19.6 Å². The molecule has 3 fully saturated rings. The van der Waals surface area contributed by atoms with E-state index in [-0.39, 0.29) is 41.6 Å². The molecule has 3 unspecified atom stereocenters. The van der Waals surface area contributed by atoms with E-state index >= 15 is 0 Å². The van der Waals surface area contributed by atoms with Crippen LogP contribution in [0, 0.1) is 11.8 Å². The highest BCUT2D eigenvalue weighted by Gasteiger charge is 2.76. The number of nitrogens with zero attached hydrogens (tertiary/aromatic N) is 2. The van der Waals surface area contributed by atoms with Crippen molar-refractivity contribution in [3.8, 4) is 0 Å². The lowest BCUT2D eigenvalue weighted by molar-refractivity contribution is -0.153. The van der Waals surface area contributed by atoms with Crippen LogP contribution < -0.4 is 4.90 Å². The number of alkyl halides is 1. The molecular weight excluding hydrogens is 592 g/mol. The molecule has 6 atom stereocenters. The van der Waals surface area contributed by atoms with Crippen LogP contribution in [0.25, 0.3) is 0 Å². The summed E-state index contributed by atoms with van der Waals surface area (Å²) in [4.78, 5) is 45.1. The summed E-state index contributed by atoms with van der Waals surface area (Å²) in [5, 5.41) is 9.40. The predicted molar refractivity (Wildman–Crippen MR) is 155 cm³/mol. The van der Waals surface area contributed by atoms with Gasteiger partial charge in [0.1, 0.15) is 12.6 Å². The number of hydrogen-bond acceptors (Lipinski definition) is 6. The van der Waals surface area contributed by atoms with Crippen molar-refractivity contribution in [2.75, 3.05) is 31.2 Å². The number of benzene rings is 1. The largest absolute Gasteiger partial charge is 0.461 e.